The van der Waals surface area contributed by atoms with Gasteiger partial charge in [-0.15, -0.1) is 11.8 Å². The molecule has 0 aromatic heterocycles. The summed E-state index contributed by atoms with van der Waals surface area (Å²) in [4.78, 5) is 2.17. The van der Waals surface area contributed by atoms with E-state index in [0.29, 0.717) is 0 Å². The minimum absolute atomic E-state index is 0.886. The SMILES string of the molecule is CSc1ccc(Cc2ccc(S(C)=O)cc2)cc1. The fourth-order valence-electron chi connectivity index (χ4n) is 1.78. The van der Waals surface area contributed by atoms with Crippen LogP contribution >= 0.6 is 11.8 Å². The standard InChI is InChI=1S/C15H16OS2/c1-17-14-7-3-12(4-8-14)11-13-5-9-15(10-6-13)18(2)16/h3-10H,11H2,1-2H3. The molecule has 1 nitrogen and oxygen atoms in total. The summed E-state index contributed by atoms with van der Waals surface area (Å²) in [5.74, 6) is 0. The van der Waals surface area contributed by atoms with Gasteiger partial charge in [0.25, 0.3) is 0 Å². The second kappa shape index (κ2) is 6.21. The third kappa shape index (κ3) is 3.47. The largest absolute Gasteiger partial charge is 0.255 e. The Hall–Kier alpha value is -1.06. The molecule has 0 aliphatic rings. The van der Waals surface area contributed by atoms with Gasteiger partial charge in [-0.25, -0.2) is 0 Å². The first kappa shape index (κ1) is 13.4. The van der Waals surface area contributed by atoms with E-state index in [1.165, 1.54) is 16.0 Å². The number of thioether (sulfide) groups is 1. The van der Waals surface area contributed by atoms with Crippen molar-refractivity contribution in [1.82, 2.24) is 0 Å². The Morgan fingerprint density at radius 1 is 0.944 bits per heavy atom. The van der Waals surface area contributed by atoms with Crippen molar-refractivity contribution in [2.75, 3.05) is 12.5 Å². The molecule has 0 saturated carbocycles. The molecule has 1 atom stereocenters. The van der Waals surface area contributed by atoms with E-state index in [2.05, 4.69) is 42.7 Å². The summed E-state index contributed by atoms with van der Waals surface area (Å²) in [5.41, 5.74) is 2.55. The van der Waals surface area contributed by atoms with Gasteiger partial charge >= 0.3 is 0 Å². The zero-order chi connectivity index (χ0) is 13.0. The third-order valence-corrected chi connectivity index (χ3v) is 4.50. The Kier molecular flexibility index (Phi) is 4.61. The van der Waals surface area contributed by atoms with Gasteiger partial charge in [0.15, 0.2) is 0 Å². The van der Waals surface area contributed by atoms with E-state index < -0.39 is 10.8 Å². The van der Waals surface area contributed by atoms with E-state index in [4.69, 9.17) is 0 Å². The monoisotopic (exact) mass is 276 g/mol. The first-order valence-corrected chi connectivity index (χ1v) is 8.52. The molecule has 2 aromatic rings. The summed E-state index contributed by atoms with van der Waals surface area (Å²) in [6.45, 7) is 0. The molecule has 1 unspecified atom stereocenters. The molecule has 0 saturated heterocycles. The minimum atomic E-state index is -0.891. The maximum absolute atomic E-state index is 11.3. The van der Waals surface area contributed by atoms with Gasteiger partial charge in [0.2, 0.25) is 0 Å². The lowest BCUT2D eigenvalue weighted by Gasteiger charge is -2.04. The van der Waals surface area contributed by atoms with Crippen LogP contribution in [0.1, 0.15) is 11.1 Å². The highest BCUT2D eigenvalue weighted by Gasteiger charge is 1.99. The van der Waals surface area contributed by atoms with Crippen molar-refractivity contribution in [1.29, 1.82) is 0 Å². The second-order valence-electron chi connectivity index (χ2n) is 4.12. The molecular weight excluding hydrogens is 260 g/mol. The van der Waals surface area contributed by atoms with Crippen molar-refractivity contribution >= 4 is 22.6 Å². The Morgan fingerprint density at radius 2 is 1.44 bits per heavy atom. The maximum Gasteiger partial charge on any atom is 0.0498 e. The zero-order valence-electron chi connectivity index (χ0n) is 10.6. The van der Waals surface area contributed by atoms with Crippen LogP contribution in [0.3, 0.4) is 0 Å². The molecule has 0 radical (unpaired) electrons. The lowest BCUT2D eigenvalue weighted by Crippen LogP contribution is -1.91. The van der Waals surface area contributed by atoms with E-state index in [1.807, 2.05) is 12.1 Å². The molecule has 0 bridgehead atoms. The minimum Gasteiger partial charge on any atom is -0.255 e. The van der Waals surface area contributed by atoms with Crippen LogP contribution in [-0.4, -0.2) is 16.7 Å². The molecule has 3 heteroatoms. The highest BCUT2D eigenvalue weighted by molar-refractivity contribution is 7.98. The smallest absolute Gasteiger partial charge is 0.0498 e. The summed E-state index contributed by atoms with van der Waals surface area (Å²) >= 11 is 1.76. The summed E-state index contributed by atoms with van der Waals surface area (Å²) in [6, 6.07) is 16.6. The summed E-state index contributed by atoms with van der Waals surface area (Å²) in [5, 5.41) is 0. The van der Waals surface area contributed by atoms with Gasteiger partial charge in [-0.05, 0) is 48.1 Å². The van der Waals surface area contributed by atoms with E-state index >= 15 is 0 Å². The van der Waals surface area contributed by atoms with Crippen molar-refractivity contribution in [3.8, 4) is 0 Å². The lowest BCUT2D eigenvalue weighted by atomic mass is 10.1. The molecule has 0 aliphatic heterocycles. The maximum atomic E-state index is 11.3. The van der Waals surface area contributed by atoms with Crippen molar-refractivity contribution in [3.63, 3.8) is 0 Å². The van der Waals surface area contributed by atoms with E-state index in [-0.39, 0.29) is 0 Å². The van der Waals surface area contributed by atoms with Crippen LogP contribution in [0, 0.1) is 0 Å². The van der Waals surface area contributed by atoms with E-state index in [9.17, 15) is 4.21 Å². The molecule has 0 aliphatic carbocycles. The van der Waals surface area contributed by atoms with Gasteiger partial charge in [-0.1, -0.05) is 24.3 Å². The Labute approximate surface area is 115 Å². The van der Waals surface area contributed by atoms with Crippen LogP contribution in [0.2, 0.25) is 0 Å². The van der Waals surface area contributed by atoms with Crippen LogP contribution in [0.25, 0.3) is 0 Å². The predicted molar refractivity (Wildman–Crippen MR) is 79.8 cm³/mol. The Morgan fingerprint density at radius 3 is 1.89 bits per heavy atom. The van der Waals surface area contributed by atoms with Gasteiger partial charge in [0, 0.05) is 26.8 Å². The topological polar surface area (TPSA) is 17.1 Å². The normalized spacial score (nSPS) is 12.3. The summed E-state index contributed by atoms with van der Waals surface area (Å²) < 4.78 is 11.3. The van der Waals surface area contributed by atoms with Gasteiger partial charge < -0.3 is 0 Å². The van der Waals surface area contributed by atoms with Crippen molar-refractivity contribution in [2.45, 2.75) is 16.2 Å². The first-order chi connectivity index (χ1) is 8.69. The third-order valence-electron chi connectivity index (χ3n) is 2.82. The number of hydrogen-bond acceptors (Lipinski definition) is 2. The van der Waals surface area contributed by atoms with Gasteiger partial charge in [0.05, 0.1) is 0 Å². The fourth-order valence-corrected chi connectivity index (χ4v) is 2.71. The molecule has 0 fully saturated rings. The van der Waals surface area contributed by atoms with Crippen LogP contribution in [-0.2, 0) is 17.2 Å². The molecular formula is C15H16OS2. The fraction of sp³-hybridized carbons (Fsp3) is 0.200. The molecule has 94 valence electrons. The molecule has 0 heterocycles. The van der Waals surface area contributed by atoms with Crippen molar-refractivity contribution in [3.05, 3.63) is 59.7 Å². The molecule has 2 rings (SSSR count). The molecule has 0 amide bonds. The number of benzene rings is 2. The molecule has 18 heavy (non-hydrogen) atoms. The Bertz CT molecular complexity index is 529. The summed E-state index contributed by atoms with van der Waals surface area (Å²) in [6.07, 6.45) is 4.71. The Balaban J connectivity index is 2.10. The molecule has 0 spiro atoms. The number of hydrogen-bond donors (Lipinski definition) is 0. The van der Waals surface area contributed by atoms with E-state index in [1.54, 1.807) is 18.0 Å². The van der Waals surface area contributed by atoms with Crippen LogP contribution in [0.4, 0.5) is 0 Å². The second-order valence-corrected chi connectivity index (χ2v) is 6.38. The van der Waals surface area contributed by atoms with Crippen LogP contribution in [0.15, 0.2) is 58.3 Å². The van der Waals surface area contributed by atoms with Gasteiger partial charge in [-0.3, -0.25) is 4.21 Å². The number of rotatable bonds is 4. The average molecular weight is 276 g/mol. The first-order valence-electron chi connectivity index (χ1n) is 5.74. The lowest BCUT2D eigenvalue weighted by molar-refractivity contribution is 0.687. The van der Waals surface area contributed by atoms with Crippen molar-refractivity contribution in [2.24, 2.45) is 0 Å². The molecule has 0 N–H and O–H groups in total. The average Bonchev–Trinajstić information content (AvgIpc) is 2.40. The van der Waals surface area contributed by atoms with Crippen LogP contribution < -0.4 is 0 Å². The summed E-state index contributed by atoms with van der Waals surface area (Å²) in [7, 11) is -0.891. The highest BCUT2D eigenvalue weighted by Crippen LogP contribution is 2.17. The molecule has 2 aromatic carbocycles. The van der Waals surface area contributed by atoms with Gasteiger partial charge in [-0.2, -0.15) is 0 Å². The quantitative estimate of drug-likeness (QED) is 0.791. The van der Waals surface area contributed by atoms with Gasteiger partial charge in [0.1, 0.15) is 0 Å². The zero-order valence-corrected chi connectivity index (χ0v) is 12.2. The predicted octanol–water partition coefficient (Wildman–Crippen LogP) is 3.74. The van der Waals surface area contributed by atoms with E-state index in [0.717, 1.165) is 11.3 Å². The van der Waals surface area contributed by atoms with Crippen LogP contribution in [0.5, 0.6) is 0 Å². The van der Waals surface area contributed by atoms with Crippen molar-refractivity contribution < 1.29 is 4.21 Å². The highest BCUT2D eigenvalue weighted by atomic mass is 32.2.